The SMILES string of the molecule is CCOC(=O)CC(c1ccc(C)c(CN2CC(C)Oc3ccccc3S2(=O)=O)c1)c1ccc2c(c1C(F)(F)F)N=NC(C)C2C. The molecule has 12 heteroatoms. The molecule has 240 valence electrons. The van der Waals surface area contributed by atoms with Crippen molar-refractivity contribution in [1.82, 2.24) is 4.31 Å². The van der Waals surface area contributed by atoms with E-state index in [0.29, 0.717) is 16.7 Å². The van der Waals surface area contributed by atoms with Crippen LogP contribution in [0.5, 0.6) is 5.75 Å². The van der Waals surface area contributed by atoms with Gasteiger partial charge in [0.1, 0.15) is 22.4 Å². The van der Waals surface area contributed by atoms with Crippen LogP contribution in [0.25, 0.3) is 0 Å². The number of rotatable bonds is 7. The molecule has 0 saturated heterocycles. The predicted molar refractivity (Wildman–Crippen MR) is 162 cm³/mol. The molecule has 2 aliphatic heterocycles. The Morgan fingerprint density at radius 3 is 2.56 bits per heavy atom. The summed E-state index contributed by atoms with van der Waals surface area (Å²) in [7, 11) is -3.96. The Hall–Kier alpha value is -3.77. The standard InChI is InChI=1S/C33H36F3N3O5S/c1-6-43-30(40)16-27(26-14-13-25-21(4)22(5)37-38-32(25)31(26)33(34,35)36)23-12-11-19(2)24(15-23)18-39-17-20(3)44-28-9-7-8-10-29(28)45(39,41)42/h7-15,20-22,27H,6,16-18H2,1-5H3. The Labute approximate surface area is 261 Å². The van der Waals surface area contributed by atoms with Crippen molar-refractivity contribution in [2.24, 2.45) is 10.2 Å². The second-order valence-electron chi connectivity index (χ2n) is 11.6. The molecule has 0 aliphatic carbocycles. The molecule has 0 radical (unpaired) electrons. The van der Waals surface area contributed by atoms with Crippen LogP contribution in [0.4, 0.5) is 18.9 Å². The number of carbonyl (C=O) groups is 1. The minimum absolute atomic E-state index is 0.0455. The fourth-order valence-electron chi connectivity index (χ4n) is 5.95. The van der Waals surface area contributed by atoms with Gasteiger partial charge < -0.3 is 9.47 Å². The second kappa shape index (κ2) is 12.6. The zero-order valence-corrected chi connectivity index (χ0v) is 26.6. The first-order chi connectivity index (χ1) is 21.2. The van der Waals surface area contributed by atoms with Crippen LogP contribution >= 0.6 is 0 Å². The van der Waals surface area contributed by atoms with E-state index in [1.54, 1.807) is 70.2 Å². The summed E-state index contributed by atoms with van der Waals surface area (Å²) >= 11 is 0. The number of fused-ring (bicyclic) bond motifs is 2. The van der Waals surface area contributed by atoms with E-state index in [1.807, 2.05) is 6.92 Å². The first-order valence-corrected chi connectivity index (χ1v) is 16.3. The van der Waals surface area contributed by atoms with E-state index in [-0.39, 0.29) is 60.0 Å². The van der Waals surface area contributed by atoms with Crippen molar-refractivity contribution in [3.63, 3.8) is 0 Å². The molecular formula is C33H36F3N3O5S. The van der Waals surface area contributed by atoms with Gasteiger partial charge in [-0.2, -0.15) is 27.7 Å². The molecule has 0 spiro atoms. The third-order valence-electron chi connectivity index (χ3n) is 8.51. The van der Waals surface area contributed by atoms with Crippen molar-refractivity contribution in [2.45, 2.75) is 82.6 Å². The molecule has 4 unspecified atom stereocenters. The Balaban J connectivity index is 1.62. The van der Waals surface area contributed by atoms with Crippen LogP contribution in [0.3, 0.4) is 0 Å². The highest BCUT2D eigenvalue weighted by molar-refractivity contribution is 7.89. The lowest BCUT2D eigenvalue weighted by molar-refractivity contribution is -0.144. The van der Waals surface area contributed by atoms with E-state index >= 15 is 0 Å². The number of hydrogen-bond donors (Lipinski definition) is 0. The van der Waals surface area contributed by atoms with Crippen molar-refractivity contribution >= 4 is 21.7 Å². The van der Waals surface area contributed by atoms with E-state index in [9.17, 15) is 26.4 Å². The Bertz CT molecular complexity index is 1740. The lowest BCUT2D eigenvalue weighted by atomic mass is 9.81. The van der Waals surface area contributed by atoms with Crippen LogP contribution < -0.4 is 4.74 Å². The third-order valence-corrected chi connectivity index (χ3v) is 10.4. The normalized spacial score (nSPS) is 21.6. The number of ether oxygens (including phenoxy) is 2. The molecular weight excluding hydrogens is 607 g/mol. The van der Waals surface area contributed by atoms with Crippen molar-refractivity contribution in [2.75, 3.05) is 13.2 Å². The number of halogens is 3. The monoisotopic (exact) mass is 643 g/mol. The van der Waals surface area contributed by atoms with Crippen molar-refractivity contribution in [1.29, 1.82) is 0 Å². The van der Waals surface area contributed by atoms with Gasteiger partial charge in [-0.1, -0.05) is 49.4 Å². The van der Waals surface area contributed by atoms with Gasteiger partial charge in [-0.05, 0) is 67.6 Å². The molecule has 0 bridgehead atoms. The molecule has 0 fully saturated rings. The van der Waals surface area contributed by atoms with Crippen molar-refractivity contribution in [3.8, 4) is 5.75 Å². The molecule has 5 rings (SSSR count). The largest absolute Gasteiger partial charge is 0.488 e. The topological polar surface area (TPSA) is 97.6 Å². The molecule has 4 atom stereocenters. The van der Waals surface area contributed by atoms with E-state index in [2.05, 4.69) is 10.2 Å². The first-order valence-electron chi connectivity index (χ1n) is 14.9. The highest BCUT2D eigenvalue weighted by Crippen LogP contribution is 2.49. The van der Waals surface area contributed by atoms with Gasteiger partial charge in [-0.3, -0.25) is 4.79 Å². The Morgan fingerprint density at radius 2 is 1.84 bits per heavy atom. The maximum atomic E-state index is 14.9. The lowest BCUT2D eigenvalue weighted by Crippen LogP contribution is -2.35. The molecule has 3 aromatic rings. The van der Waals surface area contributed by atoms with Gasteiger partial charge in [0.2, 0.25) is 10.0 Å². The van der Waals surface area contributed by atoms with E-state index in [1.165, 1.54) is 16.4 Å². The molecule has 2 heterocycles. The maximum absolute atomic E-state index is 14.9. The van der Waals surface area contributed by atoms with Gasteiger partial charge in [0.05, 0.1) is 31.2 Å². The summed E-state index contributed by atoms with van der Waals surface area (Å²) < 4.78 is 84.4. The maximum Gasteiger partial charge on any atom is 0.418 e. The van der Waals surface area contributed by atoms with Crippen LogP contribution in [0.15, 0.2) is 69.7 Å². The highest BCUT2D eigenvalue weighted by atomic mass is 32.2. The van der Waals surface area contributed by atoms with Gasteiger partial charge in [-0.15, -0.1) is 0 Å². The average Bonchev–Trinajstić information content (AvgIpc) is 3.07. The molecule has 3 aromatic carbocycles. The van der Waals surface area contributed by atoms with Crippen molar-refractivity contribution < 1.29 is 35.9 Å². The van der Waals surface area contributed by atoms with Crippen molar-refractivity contribution in [3.05, 3.63) is 88.0 Å². The molecule has 45 heavy (non-hydrogen) atoms. The van der Waals surface area contributed by atoms with E-state index in [4.69, 9.17) is 9.47 Å². The summed E-state index contributed by atoms with van der Waals surface area (Å²) in [5.74, 6) is -1.73. The molecule has 2 aliphatic rings. The number of benzene rings is 3. The van der Waals surface area contributed by atoms with E-state index < -0.39 is 39.8 Å². The number of nitrogens with zero attached hydrogens (tertiary/aromatic N) is 3. The van der Waals surface area contributed by atoms with Gasteiger partial charge >= 0.3 is 12.1 Å². The van der Waals surface area contributed by atoms with Gasteiger partial charge in [0, 0.05) is 18.4 Å². The third kappa shape index (κ3) is 6.48. The lowest BCUT2D eigenvalue weighted by Gasteiger charge is -2.29. The minimum Gasteiger partial charge on any atom is -0.488 e. The number of hydrogen-bond acceptors (Lipinski definition) is 7. The summed E-state index contributed by atoms with van der Waals surface area (Å²) in [5.41, 5.74) is 0.893. The zero-order chi connectivity index (χ0) is 32.7. The number of aryl methyl sites for hydroxylation is 1. The fourth-order valence-corrected chi connectivity index (χ4v) is 7.56. The van der Waals surface area contributed by atoms with Gasteiger partial charge in [0.15, 0.2) is 0 Å². The number of para-hydroxylation sites is 1. The average molecular weight is 644 g/mol. The summed E-state index contributed by atoms with van der Waals surface area (Å²) in [6, 6.07) is 14.3. The predicted octanol–water partition coefficient (Wildman–Crippen LogP) is 7.66. The Kier molecular flexibility index (Phi) is 9.10. The van der Waals surface area contributed by atoms with Crippen LogP contribution in [-0.2, 0) is 32.3 Å². The quantitative estimate of drug-likeness (QED) is 0.246. The minimum atomic E-state index is -4.79. The summed E-state index contributed by atoms with van der Waals surface area (Å²) in [6.45, 7) is 8.91. The number of carbonyl (C=O) groups excluding carboxylic acids is 1. The summed E-state index contributed by atoms with van der Waals surface area (Å²) in [4.78, 5) is 12.9. The van der Waals surface area contributed by atoms with Gasteiger partial charge in [0.25, 0.3) is 0 Å². The van der Waals surface area contributed by atoms with Crippen LogP contribution in [-0.4, -0.2) is 44.0 Å². The Morgan fingerprint density at radius 1 is 1.11 bits per heavy atom. The molecule has 0 amide bonds. The zero-order valence-electron chi connectivity index (χ0n) is 25.8. The number of alkyl halides is 3. The fraction of sp³-hybridized carbons (Fsp3) is 0.424. The number of sulfonamides is 1. The highest BCUT2D eigenvalue weighted by Gasteiger charge is 2.42. The summed E-state index contributed by atoms with van der Waals surface area (Å²) in [6.07, 6.45) is -5.60. The molecule has 0 saturated carbocycles. The second-order valence-corrected chi connectivity index (χ2v) is 13.5. The first kappa shape index (κ1) is 32.6. The van der Waals surface area contributed by atoms with E-state index in [0.717, 1.165) is 5.56 Å². The smallest absolute Gasteiger partial charge is 0.418 e. The number of azo groups is 1. The van der Waals surface area contributed by atoms with Crippen LogP contribution in [0, 0.1) is 6.92 Å². The molecule has 0 aromatic heterocycles. The summed E-state index contributed by atoms with van der Waals surface area (Å²) in [5, 5.41) is 8.09. The number of esters is 1. The van der Waals surface area contributed by atoms with Gasteiger partial charge in [-0.25, -0.2) is 8.42 Å². The molecule has 0 N–H and O–H groups in total. The van der Waals surface area contributed by atoms with Crippen LogP contribution in [0.1, 0.15) is 79.3 Å². The van der Waals surface area contributed by atoms with Crippen LogP contribution in [0.2, 0.25) is 0 Å². The molecule has 8 nitrogen and oxygen atoms in total.